The number of ether oxygens (including phenoxy) is 1. The van der Waals surface area contributed by atoms with Crippen molar-refractivity contribution in [3.05, 3.63) is 75.0 Å². The Morgan fingerprint density at radius 2 is 1.94 bits per heavy atom. The number of rotatable bonds is 5. The van der Waals surface area contributed by atoms with E-state index in [4.69, 9.17) is 4.74 Å². The molecule has 2 heterocycles. The molecule has 0 spiro atoms. The van der Waals surface area contributed by atoms with Gasteiger partial charge in [0.05, 0.1) is 24.7 Å². The third kappa shape index (κ3) is 4.41. The van der Waals surface area contributed by atoms with Crippen LogP contribution in [0.15, 0.2) is 48.2 Å². The zero-order valence-electron chi connectivity index (χ0n) is 17.0. The number of nitro groups is 1. The highest BCUT2D eigenvalue weighted by Gasteiger charge is 2.33. The number of aryl methyl sites for hydroxylation is 1. The van der Waals surface area contributed by atoms with Crippen LogP contribution in [0.2, 0.25) is 0 Å². The average molecular weight is 422 g/mol. The fraction of sp³-hybridized carbons (Fsp3) is 0.273. The number of urea groups is 1. The number of nitro benzene ring substituents is 1. The summed E-state index contributed by atoms with van der Waals surface area (Å²) >= 11 is 0. The van der Waals surface area contributed by atoms with Crippen molar-refractivity contribution < 1.29 is 19.2 Å². The summed E-state index contributed by atoms with van der Waals surface area (Å²) in [6, 6.07) is 11.8. The number of morpholine rings is 1. The molecule has 2 fully saturated rings. The van der Waals surface area contributed by atoms with Crippen LogP contribution in [0.4, 0.5) is 16.2 Å². The van der Waals surface area contributed by atoms with Gasteiger partial charge >= 0.3 is 6.03 Å². The first-order valence-electron chi connectivity index (χ1n) is 9.93. The second-order valence-corrected chi connectivity index (χ2v) is 7.47. The number of carbonyl (C=O) groups is 2. The van der Waals surface area contributed by atoms with Gasteiger partial charge in [0, 0.05) is 19.2 Å². The van der Waals surface area contributed by atoms with E-state index in [0.29, 0.717) is 37.6 Å². The molecule has 2 aromatic carbocycles. The highest BCUT2D eigenvalue weighted by atomic mass is 16.6. The van der Waals surface area contributed by atoms with E-state index in [1.165, 1.54) is 12.1 Å². The first-order valence-corrected chi connectivity index (χ1v) is 9.93. The van der Waals surface area contributed by atoms with E-state index in [-0.39, 0.29) is 17.9 Å². The number of nitrogens with one attached hydrogen (secondary N) is 1. The van der Waals surface area contributed by atoms with Crippen LogP contribution >= 0.6 is 0 Å². The van der Waals surface area contributed by atoms with Crippen LogP contribution in [0.5, 0.6) is 0 Å². The largest absolute Gasteiger partial charge is 0.378 e. The van der Waals surface area contributed by atoms with E-state index in [9.17, 15) is 19.7 Å². The van der Waals surface area contributed by atoms with Crippen LogP contribution in [-0.2, 0) is 16.1 Å². The average Bonchev–Trinajstić information content (AvgIpc) is 3.01. The summed E-state index contributed by atoms with van der Waals surface area (Å²) < 4.78 is 5.31. The standard InChI is InChI=1S/C22H22N4O5/c1-15-3-2-4-17(11-15)14-25-21(27)18(23-22(25)28)12-16-5-6-19(20(13-16)26(29)30)24-7-9-31-10-8-24/h2-6,11-13H,7-10,14H2,1H3,(H,23,28)/b18-12+. The van der Waals surface area contributed by atoms with Crippen LogP contribution in [0.3, 0.4) is 0 Å². The van der Waals surface area contributed by atoms with Gasteiger partial charge in [-0.15, -0.1) is 0 Å². The minimum atomic E-state index is -0.516. The predicted molar refractivity (Wildman–Crippen MR) is 114 cm³/mol. The molecule has 0 unspecified atom stereocenters. The van der Waals surface area contributed by atoms with Crippen molar-refractivity contribution in [3.8, 4) is 0 Å². The van der Waals surface area contributed by atoms with Gasteiger partial charge in [-0.05, 0) is 30.2 Å². The van der Waals surface area contributed by atoms with Crippen molar-refractivity contribution in [1.82, 2.24) is 10.2 Å². The molecular weight excluding hydrogens is 400 g/mol. The summed E-state index contributed by atoms with van der Waals surface area (Å²) in [7, 11) is 0. The molecule has 2 aliphatic heterocycles. The van der Waals surface area contributed by atoms with Gasteiger partial charge in [-0.25, -0.2) is 4.79 Å². The molecule has 3 amide bonds. The zero-order chi connectivity index (χ0) is 22.0. The first kappa shape index (κ1) is 20.5. The Hall–Kier alpha value is -3.72. The fourth-order valence-corrected chi connectivity index (χ4v) is 3.72. The monoisotopic (exact) mass is 422 g/mol. The lowest BCUT2D eigenvalue weighted by atomic mass is 10.1. The maximum Gasteiger partial charge on any atom is 0.329 e. The van der Waals surface area contributed by atoms with Crippen molar-refractivity contribution >= 4 is 29.4 Å². The van der Waals surface area contributed by atoms with E-state index in [1.807, 2.05) is 36.1 Å². The third-order valence-corrected chi connectivity index (χ3v) is 5.24. The minimum Gasteiger partial charge on any atom is -0.378 e. The SMILES string of the molecule is Cc1cccc(CN2C(=O)N/C(=C/c3ccc(N4CCOCC4)c([N+](=O)[O-])c3)C2=O)c1. The molecule has 4 rings (SSSR count). The molecular formula is C22H22N4O5. The number of hydrogen-bond donors (Lipinski definition) is 1. The molecule has 0 atom stereocenters. The number of benzene rings is 2. The quantitative estimate of drug-likeness (QED) is 0.344. The summed E-state index contributed by atoms with van der Waals surface area (Å²) in [6.07, 6.45) is 1.46. The number of nitrogens with zero attached hydrogens (tertiary/aromatic N) is 3. The van der Waals surface area contributed by atoms with E-state index in [0.717, 1.165) is 16.0 Å². The predicted octanol–water partition coefficient (Wildman–Crippen LogP) is 2.83. The summed E-state index contributed by atoms with van der Waals surface area (Å²) in [4.78, 5) is 39.3. The molecule has 0 saturated carbocycles. The van der Waals surface area contributed by atoms with Crippen molar-refractivity contribution in [2.45, 2.75) is 13.5 Å². The first-order chi connectivity index (χ1) is 14.9. The van der Waals surface area contributed by atoms with Gasteiger partial charge in [0.25, 0.3) is 11.6 Å². The van der Waals surface area contributed by atoms with Crippen LogP contribution in [-0.4, -0.2) is 48.1 Å². The molecule has 31 heavy (non-hydrogen) atoms. The Bertz CT molecular complexity index is 1080. The second-order valence-electron chi connectivity index (χ2n) is 7.47. The maximum absolute atomic E-state index is 12.8. The number of hydrogen-bond acceptors (Lipinski definition) is 6. The van der Waals surface area contributed by atoms with Gasteiger partial charge in [0.1, 0.15) is 11.4 Å². The van der Waals surface area contributed by atoms with Crippen molar-refractivity contribution in [3.63, 3.8) is 0 Å². The molecule has 1 N–H and O–H groups in total. The lowest BCUT2D eigenvalue weighted by Gasteiger charge is -2.28. The molecule has 0 radical (unpaired) electrons. The van der Waals surface area contributed by atoms with E-state index in [2.05, 4.69) is 5.32 Å². The van der Waals surface area contributed by atoms with Gasteiger partial charge in [-0.2, -0.15) is 0 Å². The third-order valence-electron chi connectivity index (χ3n) is 5.24. The molecule has 2 saturated heterocycles. The zero-order valence-corrected chi connectivity index (χ0v) is 17.0. The van der Waals surface area contributed by atoms with Crippen LogP contribution < -0.4 is 10.2 Å². The molecule has 2 aliphatic rings. The molecule has 0 bridgehead atoms. The van der Waals surface area contributed by atoms with Crippen molar-refractivity contribution in [2.75, 3.05) is 31.2 Å². The summed E-state index contributed by atoms with van der Waals surface area (Å²) in [5, 5.41) is 14.2. The Kier molecular flexibility index (Phi) is 5.68. The Labute approximate surface area is 179 Å². The van der Waals surface area contributed by atoms with Crippen molar-refractivity contribution in [2.24, 2.45) is 0 Å². The van der Waals surface area contributed by atoms with Gasteiger partial charge in [-0.1, -0.05) is 35.9 Å². The number of carbonyl (C=O) groups excluding carboxylic acids is 2. The Morgan fingerprint density at radius 3 is 2.65 bits per heavy atom. The summed E-state index contributed by atoms with van der Waals surface area (Å²) in [6.45, 7) is 4.27. The molecule has 9 heteroatoms. The highest BCUT2D eigenvalue weighted by molar-refractivity contribution is 6.13. The molecule has 9 nitrogen and oxygen atoms in total. The fourth-order valence-electron chi connectivity index (χ4n) is 3.72. The second kappa shape index (κ2) is 8.57. The van der Waals surface area contributed by atoms with E-state index in [1.54, 1.807) is 12.1 Å². The summed E-state index contributed by atoms with van der Waals surface area (Å²) in [5.74, 6) is -0.466. The topological polar surface area (TPSA) is 105 Å². The summed E-state index contributed by atoms with van der Waals surface area (Å²) in [5.41, 5.74) is 2.89. The van der Waals surface area contributed by atoms with Crippen LogP contribution in [0.25, 0.3) is 6.08 Å². The molecule has 160 valence electrons. The lowest BCUT2D eigenvalue weighted by molar-refractivity contribution is -0.384. The van der Waals surface area contributed by atoms with Gasteiger partial charge in [-0.3, -0.25) is 19.8 Å². The maximum atomic E-state index is 12.8. The Morgan fingerprint density at radius 1 is 1.16 bits per heavy atom. The highest BCUT2D eigenvalue weighted by Crippen LogP contribution is 2.31. The van der Waals surface area contributed by atoms with Gasteiger partial charge in [0.2, 0.25) is 0 Å². The molecule has 0 aliphatic carbocycles. The van der Waals surface area contributed by atoms with Crippen LogP contribution in [0, 0.1) is 17.0 Å². The van der Waals surface area contributed by atoms with E-state index >= 15 is 0 Å². The molecule has 2 aromatic rings. The van der Waals surface area contributed by atoms with Crippen molar-refractivity contribution in [1.29, 1.82) is 0 Å². The Balaban J connectivity index is 1.58. The van der Waals surface area contributed by atoms with Crippen LogP contribution in [0.1, 0.15) is 16.7 Å². The van der Waals surface area contributed by atoms with Gasteiger partial charge in [0.15, 0.2) is 0 Å². The number of amides is 3. The minimum absolute atomic E-state index is 0.0513. The number of imide groups is 1. The normalized spacial score (nSPS) is 17.9. The molecule has 0 aromatic heterocycles. The smallest absolute Gasteiger partial charge is 0.329 e. The lowest BCUT2D eigenvalue weighted by Crippen LogP contribution is -2.36. The van der Waals surface area contributed by atoms with Gasteiger partial charge < -0.3 is 15.0 Å². The number of anilines is 1. The van der Waals surface area contributed by atoms with E-state index < -0.39 is 16.9 Å².